The van der Waals surface area contributed by atoms with E-state index in [-0.39, 0.29) is 0 Å². The molecule has 1 aromatic heterocycles. The Morgan fingerprint density at radius 1 is 1.00 bits per heavy atom. The molecule has 1 heterocycles. The van der Waals surface area contributed by atoms with Crippen LogP contribution < -0.4 is 10.3 Å². The summed E-state index contributed by atoms with van der Waals surface area (Å²) in [5, 5.41) is 5.72. The number of fused-ring (bicyclic) bond motifs is 2. The van der Waals surface area contributed by atoms with Crippen LogP contribution in [0.1, 0.15) is 43.5 Å². The molecular weight excluding hydrogens is 344 g/mol. The molecule has 144 valence electrons. The van der Waals surface area contributed by atoms with Gasteiger partial charge in [0.2, 0.25) is 0 Å². The summed E-state index contributed by atoms with van der Waals surface area (Å²) in [7, 11) is 0. The molecule has 4 heteroatoms. The van der Waals surface area contributed by atoms with Crippen LogP contribution in [0.4, 0.5) is 11.4 Å². The van der Waals surface area contributed by atoms with E-state index in [2.05, 4.69) is 77.8 Å². The molecule has 0 spiro atoms. The third kappa shape index (κ3) is 3.72. The summed E-state index contributed by atoms with van der Waals surface area (Å²) in [4.78, 5) is 7.23. The lowest BCUT2D eigenvalue weighted by Crippen LogP contribution is -2.21. The quantitative estimate of drug-likeness (QED) is 0.465. The van der Waals surface area contributed by atoms with Gasteiger partial charge in [-0.25, -0.2) is 0 Å². The predicted molar refractivity (Wildman–Crippen MR) is 120 cm³/mol. The number of para-hydroxylation sites is 1. The van der Waals surface area contributed by atoms with Gasteiger partial charge in [-0.15, -0.1) is 0 Å². The zero-order valence-corrected chi connectivity index (χ0v) is 16.8. The van der Waals surface area contributed by atoms with Crippen molar-refractivity contribution in [2.45, 2.75) is 39.5 Å². The van der Waals surface area contributed by atoms with Crippen LogP contribution in [0.15, 0.2) is 53.6 Å². The molecular formula is C24H28N4. The van der Waals surface area contributed by atoms with Crippen LogP contribution in [-0.2, 0) is 12.8 Å². The van der Waals surface area contributed by atoms with E-state index in [1.807, 2.05) is 6.21 Å². The van der Waals surface area contributed by atoms with Crippen molar-refractivity contribution in [3.8, 4) is 0 Å². The van der Waals surface area contributed by atoms with E-state index in [1.165, 1.54) is 29.8 Å². The Labute approximate surface area is 167 Å². The summed E-state index contributed by atoms with van der Waals surface area (Å²) in [6.07, 6.45) is 6.48. The van der Waals surface area contributed by atoms with Gasteiger partial charge in [-0.05, 0) is 68.9 Å². The van der Waals surface area contributed by atoms with Gasteiger partial charge in [0.05, 0.1) is 17.4 Å². The maximum Gasteiger partial charge on any atom is 0.0726 e. The highest BCUT2D eigenvalue weighted by Crippen LogP contribution is 2.33. The van der Waals surface area contributed by atoms with Gasteiger partial charge in [-0.2, -0.15) is 5.10 Å². The standard InChI is InChI=1S/C24H28N4/c1-3-28(4-2)19-15-13-18(14-16-19)17-25-27-24-20-9-5-7-11-22(20)26-23-12-8-6-10-21(23)24/h5,7,9,11,13-17H,3-4,6,8,10,12H2,1-2H3,(H,26,27). The SMILES string of the molecule is CCN(CC)c1ccc(C=NNc2c3c(nc4ccccc24)CCCC3)cc1. The summed E-state index contributed by atoms with van der Waals surface area (Å²) in [6, 6.07) is 16.9. The van der Waals surface area contributed by atoms with E-state index < -0.39 is 0 Å². The second-order valence-electron chi connectivity index (χ2n) is 7.27. The normalized spacial score (nSPS) is 13.6. The smallest absolute Gasteiger partial charge is 0.0726 e. The summed E-state index contributed by atoms with van der Waals surface area (Å²) in [6.45, 7) is 6.41. The van der Waals surface area contributed by atoms with Crippen molar-refractivity contribution >= 4 is 28.5 Å². The van der Waals surface area contributed by atoms with Crippen LogP contribution in [0.25, 0.3) is 10.9 Å². The number of hydrazone groups is 1. The van der Waals surface area contributed by atoms with Gasteiger partial charge in [0.25, 0.3) is 0 Å². The van der Waals surface area contributed by atoms with E-state index in [0.29, 0.717) is 0 Å². The molecule has 28 heavy (non-hydrogen) atoms. The van der Waals surface area contributed by atoms with Gasteiger partial charge >= 0.3 is 0 Å². The first-order valence-electron chi connectivity index (χ1n) is 10.3. The molecule has 1 aliphatic carbocycles. The molecule has 0 radical (unpaired) electrons. The molecule has 0 aliphatic heterocycles. The molecule has 0 bridgehead atoms. The monoisotopic (exact) mass is 372 g/mol. The van der Waals surface area contributed by atoms with Crippen LogP contribution in [0.5, 0.6) is 0 Å². The Bertz CT molecular complexity index is 972. The Hall–Kier alpha value is -2.88. The molecule has 1 N–H and O–H groups in total. The van der Waals surface area contributed by atoms with Crippen molar-refractivity contribution in [2.75, 3.05) is 23.4 Å². The highest BCUT2D eigenvalue weighted by Gasteiger charge is 2.17. The highest BCUT2D eigenvalue weighted by molar-refractivity contribution is 5.94. The molecule has 0 fully saturated rings. The Balaban J connectivity index is 1.59. The van der Waals surface area contributed by atoms with Gasteiger partial charge in [-0.3, -0.25) is 10.4 Å². The minimum absolute atomic E-state index is 1.02. The van der Waals surface area contributed by atoms with Crippen LogP contribution >= 0.6 is 0 Å². The lowest BCUT2D eigenvalue weighted by atomic mass is 9.93. The van der Waals surface area contributed by atoms with Crippen LogP contribution in [0.2, 0.25) is 0 Å². The van der Waals surface area contributed by atoms with Gasteiger partial charge in [0.15, 0.2) is 0 Å². The summed E-state index contributed by atoms with van der Waals surface area (Å²) < 4.78 is 0. The summed E-state index contributed by atoms with van der Waals surface area (Å²) in [5.74, 6) is 0. The predicted octanol–water partition coefficient (Wildman–Crippen LogP) is 5.41. The number of nitrogens with one attached hydrogen (secondary N) is 1. The summed E-state index contributed by atoms with van der Waals surface area (Å²) in [5.41, 5.74) is 10.4. The topological polar surface area (TPSA) is 40.5 Å². The lowest BCUT2D eigenvalue weighted by molar-refractivity contribution is 0.672. The molecule has 4 nitrogen and oxygen atoms in total. The second kappa shape index (κ2) is 8.42. The van der Waals surface area contributed by atoms with E-state index in [4.69, 9.17) is 4.98 Å². The number of pyridine rings is 1. The Kier molecular flexibility index (Phi) is 5.56. The first kappa shape index (κ1) is 18.5. The van der Waals surface area contributed by atoms with E-state index in [1.54, 1.807) is 0 Å². The highest BCUT2D eigenvalue weighted by atomic mass is 15.3. The fourth-order valence-electron chi connectivity index (χ4n) is 4.03. The van der Waals surface area contributed by atoms with Crippen molar-refractivity contribution in [3.63, 3.8) is 0 Å². The fourth-order valence-corrected chi connectivity index (χ4v) is 4.03. The molecule has 3 aromatic rings. The zero-order valence-electron chi connectivity index (χ0n) is 16.8. The van der Waals surface area contributed by atoms with Gasteiger partial charge < -0.3 is 4.90 Å². The number of anilines is 2. The third-order valence-electron chi connectivity index (χ3n) is 5.58. The number of aromatic nitrogens is 1. The number of benzene rings is 2. The zero-order chi connectivity index (χ0) is 19.3. The molecule has 4 rings (SSSR count). The van der Waals surface area contributed by atoms with Crippen LogP contribution in [0, 0.1) is 0 Å². The molecule has 0 unspecified atom stereocenters. The van der Waals surface area contributed by atoms with Crippen molar-refractivity contribution in [3.05, 3.63) is 65.4 Å². The van der Waals surface area contributed by atoms with Gasteiger partial charge in [0.1, 0.15) is 0 Å². The molecule has 0 amide bonds. The van der Waals surface area contributed by atoms with E-state index in [0.717, 1.165) is 48.1 Å². The number of hydrogen-bond acceptors (Lipinski definition) is 4. The largest absolute Gasteiger partial charge is 0.372 e. The first-order chi connectivity index (χ1) is 13.8. The lowest BCUT2D eigenvalue weighted by Gasteiger charge is -2.21. The molecule has 2 aromatic carbocycles. The van der Waals surface area contributed by atoms with Gasteiger partial charge in [0, 0.05) is 29.9 Å². The molecule has 0 saturated carbocycles. The van der Waals surface area contributed by atoms with Crippen molar-refractivity contribution in [1.82, 2.24) is 4.98 Å². The minimum atomic E-state index is 1.02. The van der Waals surface area contributed by atoms with Crippen LogP contribution in [0.3, 0.4) is 0 Å². The average molecular weight is 373 g/mol. The number of nitrogens with zero attached hydrogens (tertiary/aromatic N) is 3. The van der Waals surface area contributed by atoms with E-state index >= 15 is 0 Å². The van der Waals surface area contributed by atoms with Crippen molar-refractivity contribution in [1.29, 1.82) is 0 Å². The number of hydrogen-bond donors (Lipinski definition) is 1. The van der Waals surface area contributed by atoms with E-state index in [9.17, 15) is 0 Å². The van der Waals surface area contributed by atoms with Crippen molar-refractivity contribution in [2.24, 2.45) is 5.10 Å². The maximum absolute atomic E-state index is 4.89. The third-order valence-corrected chi connectivity index (χ3v) is 5.58. The first-order valence-corrected chi connectivity index (χ1v) is 10.3. The Morgan fingerprint density at radius 2 is 1.75 bits per heavy atom. The summed E-state index contributed by atoms with van der Waals surface area (Å²) >= 11 is 0. The Morgan fingerprint density at radius 3 is 2.54 bits per heavy atom. The molecule has 1 aliphatic rings. The molecule has 0 atom stereocenters. The molecule has 0 saturated heterocycles. The minimum Gasteiger partial charge on any atom is -0.372 e. The maximum atomic E-state index is 4.89. The van der Waals surface area contributed by atoms with Crippen molar-refractivity contribution < 1.29 is 0 Å². The number of rotatable bonds is 6. The second-order valence-corrected chi connectivity index (χ2v) is 7.27. The van der Waals surface area contributed by atoms with Gasteiger partial charge in [-0.1, -0.05) is 30.3 Å². The number of aryl methyl sites for hydroxylation is 1. The average Bonchev–Trinajstić information content (AvgIpc) is 2.75. The fraction of sp³-hybridized carbons (Fsp3) is 0.333. The van der Waals surface area contributed by atoms with Crippen LogP contribution in [-0.4, -0.2) is 24.3 Å².